The quantitative estimate of drug-likeness (QED) is 0.804. The first-order valence-corrected chi connectivity index (χ1v) is 6.23. The molecule has 0 aliphatic heterocycles. The van der Waals surface area contributed by atoms with Crippen LogP contribution in [-0.4, -0.2) is 13.1 Å². The van der Waals surface area contributed by atoms with Crippen molar-refractivity contribution in [3.63, 3.8) is 0 Å². The largest absolute Gasteiger partial charge is 0.488 e. The number of rotatable bonds is 4. The van der Waals surface area contributed by atoms with Crippen molar-refractivity contribution >= 4 is 17.6 Å². The zero-order chi connectivity index (χ0) is 14.5. The zero-order valence-corrected chi connectivity index (χ0v) is 11.5. The van der Waals surface area contributed by atoms with Crippen molar-refractivity contribution in [2.75, 3.05) is 7.11 Å². The average molecular weight is 295 g/mol. The van der Waals surface area contributed by atoms with Crippen LogP contribution in [0.3, 0.4) is 0 Å². The van der Waals surface area contributed by atoms with E-state index in [1.165, 1.54) is 31.4 Å². The summed E-state index contributed by atoms with van der Waals surface area (Å²) in [7, 11) is 1.29. The minimum Gasteiger partial charge on any atom is -0.488 e. The zero-order valence-electron chi connectivity index (χ0n) is 10.7. The molecule has 0 amide bonds. The van der Waals surface area contributed by atoms with Gasteiger partial charge in [-0.05, 0) is 35.9 Å². The fourth-order valence-electron chi connectivity index (χ4n) is 1.64. The van der Waals surface area contributed by atoms with Gasteiger partial charge in [0.05, 0.1) is 7.11 Å². The Kier molecular flexibility index (Phi) is 4.58. The van der Waals surface area contributed by atoms with Crippen LogP contribution in [0.4, 0.5) is 4.39 Å². The van der Waals surface area contributed by atoms with Crippen LogP contribution in [0, 0.1) is 5.82 Å². The van der Waals surface area contributed by atoms with Gasteiger partial charge in [0, 0.05) is 5.02 Å². The Hall–Kier alpha value is -2.07. The summed E-state index contributed by atoms with van der Waals surface area (Å²) in [4.78, 5) is 11.6. The van der Waals surface area contributed by atoms with Crippen LogP contribution in [-0.2, 0) is 11.3 Å². The molecule has 0 saturated heterocycles. The number of benzene rings is 2. The maximum atomic E-state index is 12.8. The van der Waals surface area contributed by atoms with Crippen molar-refractivity contribution in [1.82, 2.24) is 0 Å². The first-order valence-electron chi connectivity index (χ1n) is 5.85. The highest BCUT2D eigenvalue weighted by atomic mass is 35.5. The minimum atomic E-state index is -0.504. The molecule has 5 heteroatoms. The lowest BCUT2D eigenvalue weighted by atomic mass is 10.2. The second kappa shape index (κ2) is 6.39. The van der Waals surface area contributed by atoms with Crippen LogP contribution in [0.5, 0.6) is 5.75 Å². The van der Waals surface area contributed by atoms with Crippen LogP contribution >= 0.6 is 11.6 Å². The summed E-state index contributed by atoms with van der Waals surface area (Å²) in [5, 5.41) is 0.451. The van der Waals surface area contributed by atoms with E-state index in [0.717, 1.165) is 5.56 Å². The molecule has 0 atom stereocenters. The van der Waals surface area contributed by atoms with Crippen LogP contribution < -0.4 is 4.74 Å². The highest BCUT2D eigenvalue weighted by Gasteiger charge is 2.13. The van der Waals surface area contributed by atoms with E-state index in [1.807, 2.05) is 0 Å². The lowest BCUT2D eigenvalue weighted by Crippen LogP contribution is -2.06. The van der Waals surface area contributed by atoms with Crippen molar-refractivity contribution in [1.29, 1.82) is 0 Å². The summed E-state index contributed by atoms with van der Waals surface area (Å²) in [6, 6.07) is 10.6. The monoisotopic (exact) mass is 294 g/mol. The Bertz CT molecular complexity index is 611. The van der Waals surface area contributed by atoms with Gasteiger partial charge in [-0.1, -0.05) is 23.7 Å². The summed E-state index contributed by atoms with van der Waals surface area (Å²) in [5.74, 6) is -0.490. The van der Waals surface area contributed by atoms with E-state index in [2.05, 4.69) is 4.74 Å². The fraction of sp³-hybridized carbons (Fsp3) is 0.133. The Labute approximate surface area is 120 Å². The lowest BCUT2D eigenvalue weighted by Gasteiger charge is -2.10. The normalized spacial score (nSPS) is 10.2. The van der Waals surface area contributed by atoms with Crippen molar-refractivity contribution in [3.8, 4) is 5.75 Å². The predicted molar refractivity (Wildman–Crippen MR) is 73.5 cm³/mol. The molecule has 0 heterocycles. The number of esters is 1. The van der Waals surface area contributed by atoms with Gasteiger partial charge in [0.15, 0.2) is 0 Å². The molecule has 3 nitrogen and oxygen atoms in total. The first-order chi connectivity index (χ1) is 9.60. The topological polar surface area (TPSA) is 35.5 Å². The summed E-state index contributed by atoms with van der Waals surface area (Å²) in [5.41, 5.74) is 1.07. The van der Waals surface area contributed by atoms with Gasteiger partial charge < -0.3 is 9.47 Å². The van der Waals surface area contributed by atoms with Gasteiger partial charge in [-0.3, -0.25) is 0 Å². The van der Waals surface area contributed by atoms with Crippen LogP contribution in [0.25, 0.3) is 0 Å². The molecule has 0 unspecified atom stereocenters. The van der Waals surface area contributed by atoms with Gasteiger partial charge in [0.2, 0.25) is 0 Å². The Morgan fingerprint density at radius 3 is 2.55 bits per heavy atom. The van der Waals surface area contributed by atoms with Gasteiger partial charge in [-0.2, -0.15) is 0 Å². The van der Waals surface area contributed by atoms with Crippen molar-refractivity contribution in [2.45, 2.75) is 6.61 Å². The molecular weight excluding hydrogens is 283 g/mol. The summed E-state index contributed by atoms with van der Waals surface area (Å²) in [6.45, 7) is 0.199. The molecule has 104 valence electrons. The molecule has 2 aromatic rings. The Morgan fingerprint density at radius 2 is 1.90 bits per heavy atom. The number of hydrogen-bond acceptors (Lipinski definition) is 3. The number of methoxy groups -OCH3 is 1. The third-order valence-electron chi connectivity index (χ3n) is 2.66. The molecule has 0 saturated carbocycles. The van der Waals surface area contributed by atoms with Crippen molar-refractivity contribution in [2.24, 2.45) is 0 Å². The first kappa shape index (κ1) is 14.3. The molecule has 0 bridgehead atoms. The van der Waals surface area contributed by atoms with E-state index in [1.54, 1.807) is 18.2 Å². The molecule has 2 rings (SSSR count). The summed E-state index contributed by atoms with van der Waals surface area (Å²) < 4.78 is 23.0. The average Bonchev–Trinajstić information content (AvgIpc) is 2.46. The number of halogens is 2. The number of carbonyl (C=O) groups is 1. The number of hydrogen-bond donors (Lipinski definition) is 0. The number of carbonyl (C=O) groups excluding carboxylic acids is 1. The molecule has 0 spiro atoms. The molecule has 0 aliphatic carbocycles. The van der Waals surface area contributed by atoms with Crippen molar-refractivity contribution < 1.29 is 18.7 Å². The van der Waals surface area contributed by atoms with Gasteiger partial charge in [-0.15, -0.1) is 0 Å². The van der Waals surface area contributed by atoms with Gasteiger partial charge in [-0.25, -0.2) is 9.18 Å². The predicted octanol–water partition coefficient (Wildman–Crippen LogP) is 3.84. The molecule has 2 aromatic carbocycles. The van der Waals surface area contributed by atoms with Crippen LogP contribution in [0.15, 0.2) is 42.5 Å². The molecule has 0 N–H and O–H groups in total. The fourth-order valence-corrected chi connectivity index (χ4v) is 1.80. The third-order valence-corrected chi connectivity index (χ3v) is 2.89. The molecule has 0 fully saturated rings. The molecule has 0 aromatic heterocycles. The maximum absolute atomic E-state index is 12.8. The van der Waals surface area contributed by atoms with E-state index in [-0.39, 0.29) is 12.4 Å². The van der Waals surface area contributed by atoms with E-state index < -0.39 is 5.97 Å². The van der Waals surface area contributed by atoms with E-state index in [4.69, 9.17) is 16.3 Å². The molecule has 0 radical (unpaired) electrons. The molecule has 20 heavy (non-hydrogen) atoms. The number of ether oxygens (including phenoxy) is 2. The smallest absolute Gasteiger partial charge is 0.341 e. The van der Waals surface area contributed by atoms with Crippen molar-refractivity contribution in [3.05, 3.63) is 64.4 Å². The van der Waals surface area contributed by atoms with Crippen LogP contribution in [0.2, 0.25) is 5.02 Å². The Morgan fingerprint density at radius 1 is 1.20 bits per heavy atom. The molecule has 0 aliphatic rings. The standard InChI is InChI=1S/C15H12ClFO3/c1-19-15(18)13-7-4-11(16)8-14(13)20-9-10-2-5-12(17)6-3-10/h2-8H,9H2,1H3. The van der Waals surface area contributed by atoms with Gasteiger partial charge in [0.25, 0.3) is 0 Å². The Balaban J connectivity index is 2.17. The van der Waals surface area contributed by atoms with Crippen LogP contribution in [0.1, 0.15) is 15.9 Å². The summed E-state index contributed by atoms with van der Waals surface area (Å²) >= 11 is 5.89. The maximum Gasteiger partial charge on any atom is 0.341 e. The van der Waals surface area contributed by atoms with Gasteiger partial charge in [0.1, 0.15) is 23.7 Å². The second-order valence-corrected chi connectivity index (χ2v) is 4.48. The molecular formula is C15H12ClFO3. The van der Waals surface area contributed by atoms with E-state index in [0.29, 0.717) is 16.3 Å². The highest BCUT2D eigenvalue weighted by molar-refractivity contribution is 6.30. The summed E-state index contributed by atoms with van der Waals surface area (Å²) in [6.07, 6.45) is 0. The SMILES string of the molecule is COC(=O)c1ccc(Cl)cc1OCc1ccc(F)cc1. The lowest BCUT2D eigenvalue weighted by molar-refractivity contribution is 0.0595. The second-order valence-electron chi connectivity index (χ2n) is 4.05. The van der Waals surface area contributed by atoms with Gasteiger partial charge >= 0.3 is 5.97 Å². The third kappa shape index (κ3) is 3.48. The van der Waals surface area contributed by atoms with E-state index >= 15 is 0 Å². The highest BCUT2D eigenvalue weighted by Crippen LogP contribution is 2.25. The van der Waals surface area contributed by atoms with E-state index in [9.17, 15) is 9.18 Å². The minimum absolute atomic E-state index is 0.199.